The maximum atomic E-state index is 9.49. The number of H-pyrrole nitrogens is 1. The van der Waals surface area contributed by atoms with Crippen molar-refractivity contribution < 1.29 is 5.11 Å². The summed E-state index contributed by atoms with van der Waals surface area (Å²) in [5, 5.41) is 10.6. The predicted molar refractivity (Wildman–Crippen MR) is 56.6 cm³/mol. The zero-order chi connectivity index (χ0) is 9.42. The summed E-state index contributed by atoms with van der Waals surface area (Å²) in [4.78, 5) is 3.12. The van der Waals surface area contributed by atoms with E-state index in [0.29, 0.717) is 0 Å². The average molecular weight is 240 g/mol. The van der Waals surface area contributed by atoms with Gasteiger partial charge in [0, 0.05) is 27.1 Å². The summed E-state index contributed by atoms with van der Waals surface area (Å²) in [6, 6.07) is 5.93. The number of rotatable bonds is 1. The lowest BCUT2D eigenvalue weighted by molar-refractivity contribution is 0.201. The highest BCUT2D eigenvalue weighted by atomic mass is 79.9. The number of aromatic nitrogens is 1. The normalized spacial score (nSPS) is 13.5. The van der Waals surface area contributed by atoms with E-state index in [2.05, 4.69) is 20.9 Å². The van der Waals surface area contributed by atoms with Gasteiger partial charge >= 0.3 is 0 Å². The van der Waals surface area contributed by atoms with Crippen LogP contribution in [0, 0.1) is 0 Å². The van der Waals surface area contributed by atoms with Crippen LogP contribution in [0.4, 0.5) is 0 Å². The van der Waals surface area contributed by atoms with Crippen LogP contribution in [0.3, 0.4) is 0 Å². The van der Waals surface area contributed by atoms with E-state index in [4.69, 9.17) is 0 Å². The van der Waals surface area contributed by atoms with Crippen molar-refractivity contribution in [3.05, 3.63) is 34.4 Å². The van der Waals surface area contributed by atoms with Gasteiger partial charge in [0.2, 0.25) is 0 Å². The third-order valence-electron chi connectivity index (χ3n) is 2.14. The van der Waals surface area contributed by atoms with Crippen molar-refractivity contribution in [2.45, 2.75) is 13.0 Å². The van der Waals surface area contributed by atoms with Gasteiger partial charge in [0.05, 0.1) is 6.10 Å². The summed E-state index contributed by atoms with van der Waals surface area (Å²) in [5.74, 6) is 0. The lowest BCUT2D eigenvalue weighted by Gasteiger charge is -2.02. The summed E-state index contributed by atoms with van der Waals surface area (Å²) in [6.45, 7) is 1.77. The molecule has 3 heteroatoms. The molecule has 1 atom stereocenters. The Kier molecular flexibility index (Phi) is 2.14. The Hall–Kier alpha value is -0.800. The van der Waals surface area contributed by atoms with Gasteiger partial charge in [-0.05, 0) is 19.1 Å². The summed E-state index contributed by atoms with van der Waals surface area (Å²) in [5.41, 5.74) is 1.98. The van der Waals surface area contributed by atoms with E-state index in [1.54, 1.807) is 6.92 Å². The molecule has 2 N–H and O–H groups in total. The number of fused-ring (bicyclic) bond motifs is 1. The van der Waals surface area contributed by atoms with Crippen LogP contribution < -0.4 is 0 Å². The second-order valence-corrected chi connectivity index (χ2v) is 3.94. The van der Waals surface area contributed by atoms with E-state index in [1.807, 2.05) is 24.4 Å². The highest BCUT2D eigenvalue weighted by Crippen LogP contribution is 2.30. The third kappa shape index (κ3) is 1.38. The van der Waals surface area contributed by atoms with Crippen molar-refractivity contribution in [2.24, 2.45) is 0 Å². The minimum Gasteiger partial charge on any atom is -0.389 e. The van der Waals surface area contributed by atoms with Crippen molar-refractivity contribution >= 4 is 26.8 Å². The first-order valence-corrected chi connectivity index (χ1v) is 4.93. The summed E-state index contributed by atoms with van der Waals surface area (Å²) in [6.07, 6.45) is 1.41. The number of benzene rings is 1. The van der Waals surface area contributed by atoms with Crippen LogP contribution in [0.15, 0.2) is 28.9 Å². The topological polar surface area (TPSA) is 36.0 Å². The van der Waals surface area contributed by atoms with Crippen molar-refractivity contribution in [3.8, 4) is 0 Å². The molecule has 0 radical (unpaired) electrons. The van der Waals surface area contributed by atoms with Gasteiger partial charge < -0.3 is 10.1 Å². The standard InChI is InChI=1S/C10H10BrNO/c1-6(13)7-5-12-9-4-2-3-8(11)10(7)9/h2-6,12-13H,1H3/t6-/m1/s1. The number of halogens is 1. The molecule has 2 nitrogen and oxygen atoms in total. The minimum absolute atomic E-state index is 0.438. The van der Waals surface area contributed by atoms with E-state index in [-0.39, 0.29) is 0 Å². The Balaban J connectivity index is 2.79. The predicted octanol–water partition coefficient (Wildman–Crippen LogP) is 2.98. The van der Waals surface area contributed by atoms with Gasteiger partial charge in [-0.2, -0.15) is 0 Å². The summed E-state index contributed by atoms with van der Waals surface area (Å²) < 4.78 is 1.02. The van der Waals surface area contributed by atoms with Crippen LogP contribution in [0.2, 0.25) is 0 Å². The largest absolute Gasteiger partial charge is 0.389 e. The fourth-order valence-electron chi connectivity index (χ4n) is 1.49. The van der Waals surface area contributed by atoms with Crippen molar-refractivity contribution in [3.63, 3.8) is 0 Å². The van der Waals surface area contributed by atoms with E-state index in [1.165, 1.54) is 0 Å². The van der Waals surface area contributed by atoms with E-state index in [9.17, 15) is 5.11 Å². The molecule has 0 saturated heterocycles. The average Bonchev–Trinajstić information content (AvgIpc) is 2.49. The molecule has 2 aromatic rings. The zero-order valence-electron chi connectivity index (χ0n) is 7.21. The molecule has 0 amide bonds. The quantitative estimate of drug-likeness (QED) is 0.789. The van der Waals surface area contributed by atoms with Crippen LogP contribution in [0.1, 0.15) is 18.6 Å². The summed E-state index contributed by atoms with van der Waals surface area (Å²) >= 11 is 3.46. The number of aliphatic hydroxyl groups is 1. The van der Waals surface area contributed by atoms with Gasteiger partial charge in [-0.1, -0.05) is 22.0 Å². The molecular weight excluding hydrogens is 230 g/mol. The smallest absolute Gasteiger partial charge is 0.0783 e. The van der Waals surface area contributed by atoms with E-state index >= 15 is 0 Å². The van der Waals surface area contributed by atoms with Crippen molar-refractivity contribution in [1.29, 1.82) is 0 Å². The molecule has 0 bridgehead atoms. The highest BCUT2D eigenvalue weighted by molar-refractivity contribution is 9.10. The number of nitrogens with one attached hydrogen (secondary N) is 1. The second kappa shape index (κ2) is 3.16. The molecular formula is C10H10BrNO. The summed E-state index contributed by atoms with van der Waals surface area (Å²) in [7, 11) is 0. The first kappa shape index (κ1) is 8.78. The first-order chi connectivity index (χ1) is 6.20. The maximum absolute atomic E-state index is 9.49. The lowest BCUT2D eigenvalue weighted by atomic mass is 10.1. The molecule has 0 fully saturated rings. The molecule has 13 heavy (non-hydrogen) atoms. The van der Waals surface area contributed by atoms with Gasteiger partial charge in [-0.25, -0.2) is 0 Å². The van der Waals surface area contributed by atoms with E-state index in [0.717, 1.165) is 20.9 Å². The zero-order valence-corrected chi connectivity index (χ0v) is 8.80. The number of aromatic amines is 1. The Morgan fingerprint density at radius 3 is 2.92 bits per heavy atom. The number of hydrogen-bond donors (Lipinski definition) is 2. The molecule has 0 unspecified atom stereocenters. The Morgan fingerprint density at radius 1 is 1.46 bits per heavy atom. The molecule has 0 saturated carbocycles. The van der Waals surface area contributed by atoms with Gasteiger partial charge in [0.25, 0.3) is 0 Å². The first-order valence-electron chi connectivity index (χ1n) is 4.13. The Bertz CT molecular complexity index is 433. The molecule has 2 rings (SSSR count). The van der Waals surface area contributed by atoms with E-state index < -0.39 is 6.10 Å². The molecule has 1 aromatic carbocycles. The minimum atomic E-state index is -0.438. The SMILES string of the molecule is C[C@@H](O)c1c[nH]c2cccc(Br)c12. The van der Waals surface area contributed by atoms with Crippen LogP contribution >= 0.6 is 15.9 Å². The Labute approximate surface area is 84.7 Å². The Morgan fingerprint density at radius 2 is 2.23 bits per heavy atom. The highest BCUT2D eigenvalue weighted by Gasteiger charge is 2.10. The molecule has 68 valence electrons. The number of aliphatic hydroxyl groups excluding tert-OH is 1. The molecule has 1 heterocycles. The fourth-order valence-corrected chi connectivity index (χ4v) is 2.09. The van der Waals surface area contributed by atoms with Crippen LogP contribution in [0.5, 0.6) is 0 Å². The molecule has 0 spiro atoms. The van der Waals surface area contributed by atoms with Crippen molar-refractivity contribution in [2.75, 3.05) is 0 Å². The van der Waals surface area contributed by atoms with Gasteiger partial charge in [0.1, 0.15) is 0 Å². The molecule has 0 aliphatic rings. The number of hydrogen-bond acceptors (Lipinski definition) is 1. The fraction of sp³-hybridized carbons (Fsp3) is 0.200. The second-order valence-electron chi connectivity index (χ2n) is 3.08. The van der Waals surface area contributed by atoms with Crippen LogP contribution in [-0.2, 0) is 0 Å². The van der Waals surface area contributed by atoms with Crippen molar-refractivity contribution in [1.82, 2.24) is 4.98 Å². The monoisotopic (exact) mass is 239 g/mol. The molecule has 0 aliphatic carbocycles. The van der Waals surface area contributed by atoms with Crippen LogP contribution in [0.25, 0.3) is 10.9 Å². The van der Waals surface area contributed by atoms with Gasteiger partial charge in [-0.15, -0.1) is 0 Å². The van der Waals surface area contributed by atoms with Crippen LogP contribution in [-0.4, -0.2) is 10.1 Å². The lowest BCUT2D eigenvalue weighted by Crippen LogP contribution is -1.88. The third-order valence-corrected chi connectivity index (χ3v) is 2.80. The molecule has 1 aromatic heterocycles. The maximum Gasteiger partial charge on any atom is 0.0783 e. The van der Waals surface area contributed by atoms with Gasteiger partial charge in [-0.3, -0.25) is 0 Å². The van der Waals surface area contributed by atoms with Gasteiger partial charge in [0.15, 0.2) is 0 Å². The molecule has 0 aliphatic heterocycles.